The Morgan fingerprint density at radius 1 is 1.46 bits per heavy atom. The number of hydrogen-bond donors (Lipinski definition) is 2. The van der Waals surface area contributed by atoms with Crippen molar-refractivity contribution >= 4 is 6.09 Å². The van der Waals surface area contributed by atoms with E-state index in [4.69, 9.17) is 5.11 Å². The molecule has 0 aliphatic heterocycles. The number of aromatic amines is 1. The van der Waals surface area contributed by atoms with Gasteiger partial charge in [-0.3, -0.25) is 0 Å². The fraction of sp³-hybridized carbons (Fsp3) is 0. The highest BCUT2D eigenvalue weighted by atomic mass is 16.4. The van der Waals surface area contributed by atoms with Crippen LogP contribution in [-0.4, -0.2) is 52.0 Å². The Bertz CT molecular complexity index is 416. The number of aromatic nitrogens is 8. The molecule has 2 aromatic rings. The van der Waals surface area contributed by atoms with E-state index in [0.717, 1.165) is 0 Å². The summed E-state index contributed by atoms with van der Waals surface area (Å²) in [6, 6.07) is 0. The molecule has 0 bridgehead atoms. The van der Waals surface area contributed by atoms with Crippen molar-refractivity contribution in [2.45, 2.75) is 0 Å². The van der Waals surface area contributed by atoms with Gasteiger partial charge in [-0.1, -0.05) is 0 Å². The molecule has 0 unspecified atom stereocenters. The minimum Gasteiger partial charge on any atom is -0.463 e. The molecule has 0 saturated carbocycles. The molecule has 10 heteroatoms. The molecule has 0 aliphatic carbocycles. The van der Waals surface area contributed by atoms with Crippen LogP contribution in [0.25, 0.3) is 11.6 Å². The number of carbonyl (C=O) groups is 1. The Morgan fingerprint density at radius 2 is 2.31 bits per heavy atom. The van der Waals surface area contributed by atoms with Gasteiger partial charge in [0.25, 0.3) is 0 Å². The molecule has 0 amide bonds. The highest BCUT2D eigenvalue weighted by molar-refractivity contribution is 5.71. The van der Waals surface area contributed by atoms with Crippen LogP contribution in [0.15, 0.2) is 0 Å². The second-order valence-corrected chi connectivity index (χ2v) is 1.93. The first kappa shape index (κ1) is 7.27. The maximum Gasteiger partial charge on any atom is 0.435 e. The third kappa shape index (κ3) is 1.09. The number of rotatable bonds is 1. The number of hydrogen-bond acceptors (Lipinski definition) is 7. The summed E-state index contributed by atoms with van der Waals surface area (Å²) < 4.78 is 0.546. The van der Waals surface area contributed by atoms with Gasteiger partial charge in [-0.05, 0) is 15.6 Å². The lowest BCUT2D eigenvalue weighted by Gasteiger charge is -1.90. The summed E-state index contributed by atoms with van der Waals surface area (Å²) >= 11 is 0. The van der Waals surface area contributed by atoms with E-state index in [9.17, 15) is 4.79 Å². The van der Waals surface area contributed by atoms with E-state index in [1.165, 1.54) is 0 Å². The van der Waals surface area contributed by atoms with Crippen molar-refractivity contribution in [1.29, 1.82) is 0 Å². The monoisotopic (exact) mass is 182 g/mol. The Labute approximate surface area is 69.6 Å². The molecule has 0 aromatic carbocycles. The van der Waals surface area contributed by atoms with Crippen molar-refractivity contribution in [3.63, 3.8) is 0 Å². The fourth-order valence-electron chi connectivity index (χ4n) is 0.712. The van der Waals surface area contributed by atoms with Gasteiger partial charge in [0.05, 0.1) is 0 Å². The third-order valence-corrected chi connectivity index (χ3v) is 1.20. The predicted molar refractivity (Wildman–Crippen MR) is 34.4 cm³/mol. The van der Waals surface area contributed by atoms with Gasteiger partial charge in [-0.2, -0.15) is 5.21 Å². The van der Waals surface area contributed by atoms with Crippen LogP contribution in [0.1, 0.15) is 0 Å². The van der Waals surface area contributed by atoms with Crippen LogP contribution in [0.4, 0.5) is 4.79 Å². The molecule has 0 fully saturated rings. The van der Waals surface area contributed by atoms with Crippen LogP contribution in [0.3, 0.4) is 0 Å². The number of tetrazole rings is 2. The maximum absolute atomic E-state index is 10.5. The van der Waals surface area contributed by atoms with E-state index in [0.29, 0.717) is 4.68 Å². The Morgan fingerprint density at radius 3 is 2.92 bits per heavy atom. The standard InChI is InChI=1S/C3H2N8O2/c12-3(13)11-2(6-9-10-11)1-4-7-8-5-1/h(H,12,13)(H,4,5,7,8). The number of H-pyrrole nitrogens is 1. The highest BCUT2D eigenvalue weighted by Crippen LogP contribution is 2.05. The van der Waals surface area contributed by atoms with E-state index in [-0.39, 0.29) is 11.6 Å². The van der Waals surface area contributed by atoms with Gasteiger partial charge in [-0.25, -0.2) is 4.79 Å². The molecule has 13 heavy (non-hydrogen) atoms. The molecule has 10 nitrogen and oxygen atoms in total. The molecule has 2 heterocycles. The van der Waals surface area contributed by atoms with Gasteiger partial charge in [0.15, 0.2) is 0 Å². The quantitative estimate of drug-likeness (QED) is 0.502. The lowest BCUT2D eigenvalue weighted by Crippen LogP contribution is -2.12. The zero-order valence-electron chi connectivity index (χ0n) is 5.99. The van der Waals surface area contributed by atoms with E-state index in [1.807, 2.05) is 0 Å². The lowest BCUT2D eigenvalue weighted by molar-refractivity contribution is 0.192. The van der Waals surface area contributed by atoms with Gasteiger partial charge in [0, 0.05) is 0 Å². The van der Waals surface area contributed by atoms with Crippen LogP contribution >= 0.6 is 0 Å². The summed E-state index contributed by atoms with van der Waals surface area (Å²) in [4.78, 5) is 10.5. The van der Waals surface area contributed by atoms with Gasteiger partial charge in [-0.15, -0.1) is 20.0 Å². The second kappa shape index (κ2) is 2.58. The molecule has 0 spiro atoms. The molecule has 66 valence electrons. The number of nitrogens with zero attached hydrogens (tertiary/aromatic N) is 7. The number of carboxylic acid groups (broad SMARTS) is 1. The zero-order valence-corrected chi connectivity index (χ0v) is 5.99. The maximum atomic E-state index is 10.5. The summed E-state index contributed by atoms with van der Waals surface area (Å²) in [5.74, 6) is -0.0614. The first-order chi connectivity index (χ1) is 6.29. The summed E-state index contributed by atoms with van der Waals surface area (Å²) in [6.07, 6.45) is -1.32. The van der Waals surface area contributed by atoms with E-state index < -0.39 is 6.09 Å². The van der Waals surface area contributed by atoms with Crippen molar-refractivity contribution in [2.75, 3.05) is 0 Å². The second-order valence-electron chi connectivity index (χ2n) is 1.93. The van der Waals surface area contributed by atoms with Crippen LogP contribution < -0.4 is 0 Å². The molecule has 0 atom stereocenters. The van der Waals surface area contributed by atoms with E-state index in [1.54, 1.807) is 0 Å². The average Bonchev–Trinajstić information content (AvgIpc) is 2.74. The highest BCUT2D eigenvalue weighted by Gasteiger charge is 2.17. The van der Waals surface area contributed by atoms with Crippen molar-refractivity contribution in [2.24, 2.45) is 0 Å². The van der Waals surface area contributed by atoms with E-state index >= 15 is 0 Å². The lowest BCUT2D eigenvalue weighted by atomic mass is 10.6. The summed E-state index contributed by atoms with van der Waals surface area (Å²) in [5.41, 5.74) is 0. The third-order valence-electron chi connectivity index (χ3n) is 1.20. The van der Waals surface area contributed by atoms with Crippen molar-refractivity contribution < 1.29 is 9.90 Å². The molecule has 0 aliphatic rings. The average molecular weight is 182 g/mol. The minimum atomic E-state index is -1.32. The number of nitrogens with one attached hydrogen (secondary N) is 1. The molecular formula is C3H2N8O2. The molecule has 2 aromatic heterocycles. The first-order valence-corrected chi connectivity index (χ1v) is 3.04. The smallest absolute Gasteiger partial charge is 0.435 e. The SMILES string of the molecule is O=C(O)n1nnnc1-c1nn[nH]n1. The van der Waals surface area contributed by atoms with Crippen LogP contribution in [-0.2, 0) is 0 Å². The van der Waals surface area contributed by atoms with Crippen LogP contribution in [0.5, 0.6) is 0 Å². The predicted octanol–water partition coefficient (Wildman–Crippen LogP) is -1.62. The molecule has 2 rings (SSSR count). The minimum absolute atomic E-state index is 0.0207. The van der Waals surface area contributed by atoms with E-state index in [2.05, 4.69) is 36.1 Å². The van der Waals surface area contributed by atoms with Crippen molar-refractivity contribution in [3.8, 4) is 11.6 Å². The first-order valence-electron chi connectivity index (χ1n) is 3.04. The molecule has 2 N–H and O–H groups in total. The van der Waals surface area contributed by atoms with Gasteiger partial charge in [0.2, 0.25) is 11.6 Å². The van der Waals surface area contributed by atoms with Gasteiger partial charge < -0.3 is 5.11 Å². The Hall–Kier alpha value is -2.39. The fourth-order valence-corrected chi connectivity index (χ4v) is 0.712. The molecule has 0 saturated heterocycles. The van der Waals surface area contributed by atoms with Gasteiger partial charge >= 0.3 is 6.09 Å². The van der Waals surface area contributed by atoms with Crippen LogP contribution in [0, 0.1) is 0 Å². The van der Waals surface area contributed by atoms with Crippen molar-refractivity contribution in [3.05, 3.63) is 0 Å². The Balaban J connectivity index is 2.52. The zero-order chi connectivity index (χ0) is 9.26. The topological polar surface area (TPSA) is 135 Å². The summed E-state index contributed by atoms with van der Waals surface area (Å²) in [7, 11) is 0. The normalized spacial score (nSPS) is 10.2. The Kier molecular flexibility index (Phi) is 1.44. The molecule has 0 radical (unpaired) electrons. The van der Waals surface area contributed by atoms with Gasteiger partial charge in [0.1, 0.15) is 0 Å². The summed E-state index contributed by atoms with van der Waals surface area (Å²) in [5, 5.41) is 30.8. The largest absolute Gasteiger partial charge is 0.463 e. The summed E-state index contributed by atoms with van der Waals surface area (Å²) in [6.45, 7) is 0. The van der Waals surface area contributed by atoms with Crippen LogP contribution in [0.2, 0.25) is 0 Å². The van der Waals surface area contributed by atoms with Crippen molar-refractivity contribution in [1.82, 2.24) is 40.8 Å². The molecular weight excluding hydrogens is 180 g/mol.